The van der Waals surface area contributed by atoms with Crippen molar-refractivity contribution in [3.63, 3.8) is 0 Å². The third-order valence-corrected chi connectivity index (χ3v) is 3.18. The van der Waals surface area contributed by atoms with Gasteiger partial charge in [0.05, 0.1) is 6.42 Å². The lowest BCUT2D eigenvalue weighted by Gasteiger charge is -2.26. The van der Waals surface area contributed by atoms with Gasteiger partial charge in [-0.25, -0.2) is 4.98 Å². The second-order valence-electron chi connectivity index (χ2n) is 5.93. The van der Waals surface area contributed by atoms with Gasteiger partial charge in [0.25, 0.3) is 0 Å². The van der Waals surface area contributed by atoms with Gasteiger partial charge in [-0.3, -0.25) is 4.79 Å². The molecule has 1 aromatic heterocycles. The first kappa shape index (κ1) is 14.9. The van der Waals surface area contributed by atoms with Crippen LogP contribution in [-0.2, 0) is 17.8 Å². The summed E-state index contributed by atoms with van der Waals surface area (Å²) < 4.78 is 2.04. The molecule has 4 nitrogen and oxygen atoms in total. The number of rotatable bonds is 6. The Kier molecular flexibility index (Phi) is 5.08. The van der Waals surface area contributed by atoms with Crippen molar-refractivity contribution in [2.45, 2.75) is 59.5 Å². The zero-order valence-electron chi connectivity index (χ0n) is 11.9. The number of imidazole rings is 1. The Balaban J connectivity index is 2.57. The number of hydrogen-bond acceptors (Lipinski definition) is 3. The molecule has 102 valence electrons. The molecule has 1 rings (SSSR count). The van der Waals surface area contributed by atoms with E-state index in [-0.39, 0.29) is 17.2 Å². The van der Waals surface area contributed by atoms with Crippen molar-refractivity contribution in [2.24, 2.45) is 11.1 Å². The van der Waals surface area contributed by atoms with Gasteiger partial charge in [-0.1, -0.05) is 27.7 Å². The van der Waals surface area contributed by atoms with Crippen LogP contribution >= 0.6 is 0 Å². The van der Waals surface area contributed by atoms with Crippen molar-refractivity contribution in [3.8, 4) is 0 Å². The molecule has 0 aliphatic heterocycles. The summed E-state index contributed by atoms with van der Waals surface area (Å²) in [6, 6.07) is -0.0976. The topological polar surface area (TPSA) is 60.9 Å². The summed E-state index contributed by atoms with van der Waals surface area (Å²) in [4.78, 5) is 16.2. The predicted molar refractivity (Wildman–Crippen MR) is 73.3 cm³/mol. The van der Waals surface area contributed by atoms with E-state index in [9.17, 15) is 4.79 Å². The highest BCUT2D eigenvalue weighted by Crippen LogP contribution is 2.20. The van der Waals surface area contributed by atoms with Crippen LogP contribution in [0.3, 0.4) is 0 Å². The summed E-state index contributed by atoms with van der Waals surface area (Å²) in [5.74, 6) is 1.02. The molecule has 0 amide bonds. The van der Waals surface area contributed by atoms with E-state index in [1.54, 1.807) is 6.20 Å². The van der Waals surface area contributed by atoms with Crippen LogP contribution in [0.15, 0.2) is 12.4 Å². The monoisotopic (exact) mass is 251 g/mol. The minimum Gasteiger partial charge on any atom is -0.335 e. The molecule has 1 aromatic rings. The second-order valence-corrected chi connectivity index (χ2v) is 5.93. The quantitative estimate of drug-likeness (QED) is 0.843. The molecule has 4 heteroatoms. The number of carbonyl (C=O) groups is 1. The molecule has 0 radical (unpaired) electrons. The third kappa shape index (κ3) is 4.26. The molecular formula is C14H25N3O. The molecule has 0 aliphatic rings. The highest BCUT2D eigenvalue weighted by molar-refractivity contribution is 5.80. The van der Waals surface area contributed by atoms with Crippen LogP contribution in [0, 0.1) is 5.41 Å². The number of aryl methyl sites for hydroxylation is 1. The molecular weight excluding hydrogens is 226 g/mol. The number of Topliss-reactive ketones (excluding diaryl/α,β-unsaturated/α-hetero) is 1. The normalized spacial score (nSPS) is 13.6. The number of aromatic nitrogens is 2. The Labute approximate surface area is 110 Å². The van der Waals surface area contributed by atoms with Crippen LogP contribution in [0.25, 0.3) is 0 Å². The molecule has 18 heavy (non-hydrogen) atoms. The molecule has 0 saturated carbocycles. The first-order valence-electron chi connectivity index (χ1n) is 6.62. The molecule has 1 heterocycles. The highest BCUT2D eigenvalue weighted by atomic mass is 16.1. The third-order valence-electron chi connectivity index (χ3n) is 3.18. The zero-order valence-corrected chi connectivity index (χ0v) is 11.9. The van der Waals surface area contributed by atoms with Gasteiger partial charge in [0.1, 0.15) is 11.6 Å². The first-order chi connectivity index (χ1) is 8.34. The molecule has 0 saturated heterocycles. The van der Waals surface area contributed by atoms with Crippen molar-refractivity contribution < 1.29 is 4.79 Å². The van der Waals surface area contributed by atoms with Gasteiger partial charge in [-0.2, -0.15) is 0 Å². The smallest absolute Gasteiger partial charge is 0.141 e. The van der Waals surface area contributed by atoms with E-state index in [1.165, 1.54) is 0 Å². The Morgan fingerprint density at radius 2 is 2.17 bits per heavy atom. The van der Waals surface area contributed by atoms with Crippen LogP contribution < -0.4 is 5.73 Å². The first-order valence-corrected chi connectivity index (χ1v) is 6.62. The van der Waals surface area contributed by atoms with Gasteiger partial charge >= 0.3 is 0 Å². The molecule has 1 atom stereocenters. The molecule has 0 bridgehead atoms. The summed E-state index contributed by atoms with van der Waals surface area (Å²) in [7, 11) is 0. The molecule has 2 N–H and O–H groups in total. The summed E-state index contributed by atoms with van der Waals surface area (Å²) in [5.41, 5.74) is 6.00. The summed E-state index contributed by atoms with van der Waals surface area (Å²) in [6.07, 6.45) is 5.52. The van der Waals surface area contributed by atoms with Crippen LogP contribution in [0.5, 0.6) is 0 Å². The molecule has 0 spiro atoms. The largest absolute Gasteiger partial charge is 0.335 e. The zero-order chi connectivity index (χ0) is 13.8. The molecule has 1 unspecified atom stereocenters. The maximum Gasteiger partial charge on any atom is 0.141 e. The summed E-state index contributed by atoms with van der Waals surface area (Å²) in [6.45, 7) is 9.20. The van der Waals surface area contributed by atoms with Crippen LogP contribution in [0.1, 0.15) is 46.4 Å². The van der Waals surface area contributed by atoms with Gasteiger partial charge in [-0.05, 0) is 11.8 Å². The maximum absolute atomic E-state index is 12.0. The standard InChI is InChI=1S/C14H25N3O/c1-5-7-17-8-6-16-13(17)10-11(18)9-12(15)14(2,3)4/h6,8,12H,5,7,9-10,15H2,1-4H3. The van der Waals surface area contributed by atoms with Gasteiger partial charge < -0.3 is 10.3 Å². The van der Waals surface area contributed by atoms with E-state index < -0.39 is 0 Å². The van der Waals surface area contributed by atoms with Gasteiger partial charge in [0, 0.05) is 31.4 Å². The average molecular weight is 251 g/mol. The minimum absolute atomic E-state index is 0.0332. The van der Waals surface area contributed by atoms with E-state index in [4.69, 9.17) is 5.73 Å². The van der Waals surface area contributed by atoms with E-state index in [0.29, 0.717) is 12.8 Å². The predicted octanol–water partition coefficient (Wildman–Crippen LogP) is 2.17. The fraction of sp³-hybridized carbons (Fsp3) is 0.714. The van der Waals surface area contributed by atoms with E-state index >= 15 is 0 Å². The summed E-state index contributed by atoms with van der Waals surface area (Å²) in [5, 5.41) is 0. The Bertz CT molecular complexity index is 390. The molecule has 0 aliphatic carbocycles. The van der Waals surface area contributed by atoms with E-state index in [0.717, 1.165) is 18.8 Å². The van der Waals surface area contributed by atoms with Gasteiger partial charge in [0.2, 0.25) is 0 Å². The van der Waals surface area contributed by atoms with Gasteiger partial charge in [0.15, 0.2) is 0 Å². The van der Waals surface area contributed by atoms with Crippen molar-refractivity contribution >= 4 is 5.78 Å². The lowest BCUT2D eigenvalue weighted by Crippen LogP contribution is -2.37. The van der Waals surface area contributed by atoms with Crippen molar-refractivity contribution in [2.75, 3.05) is 0 Å². The molecule has 0 fully saturated rings. The average Bonchev–Trinajstić information content (AvgIpc) is 2.64. The minimum atomic E-state index is -0.0976. The van der Waals surface area contributed by atoms with Crippen molar-refractivity contribution in [1.29, 1.82) is 0 Å². The number of ketones is 1. The number of hydrogen-bond donors (Lipinski definition) is 1. The van der Waals surface area contributed by atoms with Crippen molar-refractivity contribution in [1.82, 2.24) is 9.55 Å². The fourth-order valence-electron chi connectivity index (χ4n) is 1.75. The number of nitrogens with two attached hydrogens (primary N) is 1. The molecule has 0 aromatic carbocycles. The van der Waals surface area contributed by atoms with Crippen LogP contribution in [0.4, 0.5) is 0 Å². The van der Waals surface area contributed by atoms with Crippen LogP contribution in [0.2, 0.25) is 0 Å². The van der Waals surface area contributed by atoms with Crippen LogP contribution in [-0.4, -0.2) is 21.4 Å². The van der Waals surface area contributed by atoms with Gasteiger partial charge in [-0.15, -0.1) is 0 Å². The lowest BCUT2D eigenvalue weighted by atomic mass is 9.84. The number of carbonyl (C=O) groups excluding carboxylic acids is 1. The SMILES string of the molecule is CCCn1ccnc1CC(=O)CC(N)C(C)(C)C. The van der Waals surface area contributed by atoms with Crippen molar-refractivity contribution in [3.05, 3.63) is 18.2 Å². The van der Waals surface area contributed by atoms with E-state index in [2.05, 4.69) is 32.7 Å². The fourth-order valence-corrected chi connectivity index (χ4v) is 1.75. The Morgan fingerprint density at radius 3 is 2.72 bits per heavy atom. The second kappa shape index (κ2) is 6.14. The summed E-state index contributed by atoms with van der Waals surface area (Å²) >= 11 is 0. The maximum atomic E-state index is 12.0. The highest BCUT2D eigenvalue weighted by Gasteiger charge is 2.23. The lowest BCUT2D eigenvalue weighted by molar-refractivity contribution is -0.119. The Morgan fingerprint density at radius 1 is 1.50 bits per heavy atom. The number of nitrogens with zero attached hydrogens (tertiary/aromatic N) is 2. The Hall–Kier alpha value is -1.16. The van der Waals surface area contributed by atoms with E-state index in [1.807, 2.05) is 10.8 Å².